The lowest BCUT2D eigenvalue weighted by molar-refractivity contribution is 0.188. The third kappa shape index (κ3) is 3.01. The molecule has 0 radical (unpaired) electrons. The van der Waals surface area contributed by atoms with Crippen molar-refractivity contribution in [2.75, 3.05) is 0 Å². The van der Waals surface area contributed by atoms with Crippen LogP contribution in [-0.2, 0) is 0 Å². The number of rotatable bonds is 4. The van der Waals surface area contributed by atoms with E-state index >= 15 is 0 Å². The van der Waals surface area contributed by atoms with Gasteiger partial charge in [-0.15, -0.1) is 0 Å². The summed E-state index contributed by atoms with van der Waals surface area (Å²) in [5.41, 5.74) is 0. The molecule has 3 saturated carbocycles. The molecule has 3 fully saturated rings. The van der Waals surface area contributed by atoms with Crippen molar-refractivity contribution in [3.8, 4) is 0 Å². The highest BCUT2D eigenvalue weighted by molar-refractivity contribution is 4.95. The van der Waals surface area contributed by atoms with E-state index in [0.717, 1.165) is 41.7 Å². The quantitative estimate of drug-likeness (QED) is 0.780. The molecule has 19 heavy (non-hydrogen) atoms. The molecule has 0 aliphatic heterocycles. The van der Waals surface area contributed by atoms with Crippen LogP contribution in [0.4, 0.5) is 0 Å². The van der Waals surface area contributed by atoms with E-state index in [9.17, 15) is 0 Å². The van der Waals surface area contributed by atoms with Crippen LogP contribution in [0, 0.1) is 29.6 Å². The number of hydrogen-bond donors (Lipinski definition) is 1. The standard InChI is InChI=1S/C18H33N/c1-12(2)15-5-4-6-17(11-15)19-13(3)18-10-14-7-8-16(18)9-14/h12-19H,4-11H2,1-3H3. The van der Waals surface area contributed by atoms with Crippen LogP contribution in [0.2, 0.25) is 0 Å². The average molecular weight is 263 g/mol. The number of fused-ring (bicyclic) bond motifs is 2. The van der Waals surface area contributed by atoms with Crippen LogP contribution >= 0.6 is 0 Å². The first-order valence-corrected chi connectivity index (χ1v) is 8.89. The van der Waals surface area contributed by atoms with Gasteiger partial charge in [0.1, 0.15) is 0 Å². The summed E-state index contributed by atoms with van der Waals surface area (Å²) < 4.78 is 0. The van der Waals surface area contributed by atoms with Gasteiger partial charge in [0.05, 0.1) is 0 Å². The van der Waals surface area contributed by atoms with E-state index < -0.39 is 0 Å². The Balaban J connectivity index is 1.50. The Labute approximate surface area is 119 Å². The van der Waals surface area contributed by atoms with Crippen molar-refractivity contribution in [3.63, 3.8) is 0 Å². The summed E-state index contributed by atoms with van der Waals surface area (Å²) in [4.78, 5) is 0. The van der Waals surface area contributed by atoms with E-state index in [0.29, 0.717) is 0 Å². The Kier molecular flexibility index (Phi) is 4.22. The third-order valence-corrected chi connectivity index (χ3v) is 6.59. The molecule has 3 aliphatic rings. The molecule has 1 N–H and O–H groups in total. The second kappa shape index (κ2) is 5.76. The topological polar surface area (TPSA) is 12.0 Å². The highest BCUT2D eigenvalue weighted by Crippen LogP contribution is 2.49. The fraction of sp³-hybridized carbons (Fsp3) is 1.00. The van der Waals surface area contributed by atoms with Gasteiger partial charge in [0.25, 0.3) is 0 Å². The largest absolute Gasteiger partial charge is 0.311 e. The van der Waals surface area contributed by atoms with Crippen molar-refractivity contribution in [3.05, 3.63) is 0 Å². The van der Waals surface area contributed by atoms with Crippen LogP contribution in [0.15, 0.2) is 0 Å². The lowest BCUT2D eigenvalue weighted by Gasteiger charge is -2.37. The first kappa shape index (κ1) is 13.9. The smallest absolute Gasteiger partial charge is 0.00723 e. The van der Waals surface area contributed by atoms with Gasteiger partial charge in [0.15, 0.2) is 0 Å². The summed E-state index contributed by atoms with van der Waals surface area (Å²) in [5.74, 6) is 5.00. The van der Waals surface area contributed by atoms with Gasteiger partial charge in [0.2, 0.25) is 0 Å². The molecule has 0 heterocycles. The zero-order chi connectivity index (χ0) is 13.4. The average Bonchev–Trinajstić information content (AvgIpc) is 3.01. The van der Waals surface area contributed by atoms with Crippen LogP contribution in [0.1, 0.15) is 72.1 Å². The zero-order valence-corrected chi connectivity index (χ0v) is 13.2. The summed E-state index contributed by atoms with van der Waals surface area (Å²) >= 11 is 0. The normalized spacial score (nSPS) is 43.9. The molecule has 1 nitrogen and oxygen atoms in total. The predicted octanol–water partition coefficient (Wildman–Crippen LogP) is 4.62. The predicted molar refractivity (Wildman–Crippen MR) is 82.1 cm³/mol. The van der Waals surface area contributed by atoms with E-state index in [1.807, 2.05) is 0 Å². The second-order valence-corrected chi connectivity index (χ2v) is 8.16. The monoisotopic (exact) mass is 263 g/mol. The molecule has 0 aromatic heterocycles. The fourth-order valence-electron chi connectivity index (χ4n) is 5.39. The van der Waals surface area contributed by atoms with Crippen LogP contribution in [0.25, 0.3) is 0 Å². The summed E-state index contributed by atoms with van der Waals surface area (Å²) in [6.45, 7) is 7.29. The van der Waals surface area contributed by atoms with E-state index in [-0.39, 0.29) is 0 Å². The Morgan fingerprint density at radius 3 is 2.37 bits per heavy atom. The SMILES string of the molecule is CC(C)C1CCCC(NC(C)C2CC3CCC2C3)C1. The molecule has 2 bridgehead atoms. The molecule has 3 rings (SSSR count). The van der Waals surface area contributed by atoms with Crippen molar-refractivity contribution in [1.82, 2.24) is 5.32 Å². The number of hydrogen-bond acceptors (Lipinski definition) is 1. The maximum absolute atomic E-state index is 4.03. The van der Waals surface area contributed by atoms with Gasteiger partial charge in [-0.25, -0.2) is 0 Å². The molecule has 0 saturated heterocycles. The van der Waals surface area contributed by atoms with Crippen LogP contribution in [0.5, 0.6) is 0 Å². The Hall–Kier alpha value is -0.0400. The molecule has 1 heteroatoms. The molecular formula is C18H33N. The summed E-state index contributed by atoms with van der Waals surface area (Å²) in [5, 5.41) is 4.03. The molecule has 0 aromatic carbocycles. The summed E-state index contributed by atoms with van der Waals surface area (Å²) in [7, 11) is 0. The van der Waals surface area contributed by atoms with Gasteiger partial charge in [-0.1, -0.05) is 33.1 Å². The van der Waals surface area contributed by atoms with E-state index in [1.54, 1.807) is 6.42 Å². The minimum atomic E-state index is 0.770. The molecule has 0 amide bonds. The molecule has 3 aliphatic carbocycles. The highest BCUT2D eigenvalue weighted by Gasteiger charge is 2.42. The van der Waals surface area contributed by atoms with Gasteiger partial charge in [-0.2, -0.15) is 0 Å². The van der Waals surface area contributed by atoms with E-state index in [4.69, 9.17) is 0 Å². The maximum atomic E-state index is 4.03. The van der Waals surface area contributed by atoms with Gasteiger partial charge in [-0.05, 0) is 68.6 Å². The van der Waals surface area contributed by atoms with Gasteiger partial charge in [0, 0.05) is 12.1 Å². The Bertz CT molecular complexity index is 298. The van der Waals surface area contributed by atoms with Crippen LogP contribution < -0.4 is 5.32 Å². The molecule has 0 aromatic rings. The highest BCUT2D eigenvalue weighted by atomic mass is 15.0. The second-order valence-electron chi connectivity index (χ2n) is 8.16. The molecule has 0 spiro atoms. The lowest BCUT2D eigenvalue weighted by atomic mass is 9.78. The van der Waals surface area contributed by atoms with Crippen molar-refractivity contribution < 1.29 is 0 Å². The van der Waals surface area contributed by atoms with Crippen LogP contribution in [0.3, 0.4) is 0 Å². The van der Waals surface area contributed by atoms with E-state index in [1.165, 1.54) is 44.9 Å². The van der Waals surface area contributed by atoms with Crippen molar-refractivity contribution >= 4 is 0 Å². The number of nitrogens with one attached hydrogen (secondary N) is 1. The van der Waals surface area contributed by atoms with E-state index in [2.05, 4.69) is 26.1 Å². The molecular weight excluding hydrogens is 230 g/mol. The van der Waals surface area contributed by atoms with Crippen LogP contribution in [-0.4, -0.2) is 12.1 Å². The van der Waals surface area contributed by atoms with Crippen molar-refractivity contribution in [1.29, 1.82) is 0 Å². The summed E-state index contributed by atoms with van der Waals surface area (Å²) in [6.07, 6.45) is 11.9. The van der Waals surface area contributed by atoms with Crippen molar-refractivity contribution in [2.24, 2.45) is 29.6 Å². The molecule has 110 valence electrons. The lowest BCUT2D eigenvalue weighted by Crippen LogP contribution is -2.45. The Morgan fingerprint density at radius 1 is 0.895 bits per heavy atom. The van der Waals surface area contributed by atoms with Gasteiger partial charge >= 0.3 is 0 Å². The maximum Gasteiger partial charge on any atom is 0.00723 e. The first-order chi connectivity index (χ1) is 9.13. The first-order valence-electron chi connectivity index (χ1n) is 8.89. The summed E-state index contributed by atoms with van der Waals surface area (Å²) in [6, 6.07) is 1.58. The minimum absolute atomic E-state index is 0.770. The van der Waals surface area contributed by atoms with Gasteiger partial charge in [-0.3, -0.25) is 0 Å². The van der Waals surface area contributed by atoms with Crippen molar-refractivity contribution in [2.45, 2.75) is 84.2 Å². The minimum Gasteiger partial charge on any atom is -0.311 e. The molecule has 6 atom stereocenters. The van der Waals surface area contributed by atoms with Gasteiger partial charge < -0.3 is 5.32 Å². The fourth-order valence-corrected chi connectivity index (χ4v) is 5.39. The third-order valence-electron chi connectivity index (χ3n) is 6.59. The zero-order valence-electron chi connectivity index (χ0n) is 13.2. The Morgan fingerprint density at radius 2 is 1.74 bits per heavy atom. The molecule has 6 unspecified atom stereocenters.